The predicted molar refractivity (Wildman–Crippen MR) is 112 cm³/mol. The summed E-state index contributed by atoms with van der Waals surface area (Å²) in [7, 11) is 0. The molecule has 0 aliphatic carbocycles. The summed E-state index contributed by atoms with van der Waals surface area (Å²) in [6.45, 7) is 1.67. The van der Waals surface area contributed by atoms with Gasteiger partial charge in [0, 0.05) is 17.7 Å². The Labute approximate surface area is 177 Å². The minimum absolute atomic E-state index is 0.0392. The molecule has 0 unspecified atom stereocenters. The topological polar surface area (TPSA) is 123 Å². The Kier molecular flexibility index (Phi) is 5.86. The maximum atomic E-state index is 12.6. The van der Waals surface area contributed by atoms with Crippen LogP contribution in [0.3, 0.4) is 0 Å². The summed E-state index contributed by atoms with van der Waals surface area (Å²) in [5, 5.41) is 7.84. The minimum Gasteiger partial charge on any atom is -0.454 e. The van der Waals surface area contributed by atoms with Crippen molar-refractivity contribution >= 4 is 39.7 Å². The van der Waals surface area contributed by atoms with Crippen LogP contribution >= 0.6 is 11.3 Å². The van der Waals surface area contributed by atoms with Crippen molar-refractivity contribution in [3.63, 3.8) is 0 Å². The molecule has 2 aliphatic rings. The molecule has 158 valence electrons. The van der Waals surface area contributed by atoms with Gasteiger partial charge in [0.05, 0.1) is 12.1 Å². The van der Waals surface area contributed by atoms with Gasteiger partial charge < -0.3 is 25.8 Å². The number of ether oxygens (including phenoxy) is 2. The van der Waals surface area contributed by atoms with E-state index in [0.29, 0.717) is 53.7 Å². The smallest absolute Gasteiger partial charge is 0.251 e. The summed E-state index contributed by atoms with van der Waals surface area (Å²) < 4.78 is 10.6. The average molecular weight is 430 g/mol. The zero-order valence-corrected chi connectivity index (χ0v) is 17.0. The summed E-state index contributed by atoms with van der Waals surface area (Å²) in [6.07, 6.45) is 1.32. The number of likely N-dealkylation sites (tertiary alicyclic amines) is 1. The number of thiophene rings is 1. The molecule has 2 aromatic rings. The third-order valence-electron chi connectivity index (χ3n) is 5.15. The Morgan fingerprint density at radius 3 is 2.63 bits per heavy atom. The molecule has 3 amide bonds. The lowest BCUT2D eigenvalue weighted by atomic mass is 9.96. The molecule has 0 atom stereocenters. The molecule has 1 fully saturated rings. The molecule has 30 heavy (non-hydrogen) atoms. The molecule has 0 saturated carbocycles. The number of nitrogens with zero attached hydrogens (tertiary/aromatic N) is 1. The molecule has 0 spiro atoms. The number of nitrogens with one attached hydrogen (secondary N) is 2. The molecule has 0 bridgehead atoms. The van der Waals surface area contributed by atoms with E-state index in [9.17, 15) is 14.4 Å². The fourth-order valence-corrected chi connectivity index (χ4v) is 4.35. The first-order chi connectivity index (χ1) is 14.5. The van der Waals surface area contributed by atoms with Crippen LogP contribution in [0.25, 0.3) is 0 Å². The van der Waals surface area contributed by atoms with Gasteiger partial charge in [-0.15, -0.1) is 11.3 Å². The second-order valence-corrected chi connectivity index (χ2v) is 8.10. The van der Waals surface area contributed by atoms with E-state index in [-0.39, 0.29) is 31.1 Å². The van der Waals surface area contributed by atoms with Crippen LogP contribution in [-0.4, -0.2) is 49.0 Å². The number of piperidine rings is 1. The van der Waals surface area contributed by atoms with Crippen molar-refractivity contribution in [2.75, 3.05) is 37.1 Å². The van der Waals surface area contributed by atoms with Crippen molar-refractivity contribution in [3.05, 3.63) is 35.2 Å². The van der Waals surface area contributed by atoms with Crippen molar-refractivity contribution in [1.29, 1.82) is 0 Å². The van der Waals surface area contributed by atoms with Crippen LogP contribution in [0.4, 0.5) is 10.7 Å². The molecule has 1 saturated heterocycles. The zero-order chi connectivity index (χ0) is 21.1. The number of amides is 3. The van der Waals surface area contributed by atoms with Gasteiger partial charge in [-0.2, -0.15) is 0 Å². The molecule has 4 N–H and O–H groups in total. The summed E-state index contributed by atoms with van der Waals surface area (Å²) in [5.74, 6) is 0.365. The number of fused-ring (bicyclic) bond motifs is 1. The van der Waals surface area contributed by atoms with Crippen LogP contribution in [0.5, 0.6) is 11.5 Å². The third-order valence-corrected chi connectivity index (χ3v) is 5.98. The first kappa shape index (κ1) is 20.2. The maximum Gasteiger partial charge on any atom is 0.251 e. The molecular weight excluding hydrogens is 408 g/mol. The molecule has 1 aromatic carbocycles. The number of hydrogen-bond donors (Lipinski definition) is 3. The molecule has 1 aromatic heterocycles. The quantitative estimate of drug-likeness (QED) is 0.643. The minimum atomic E-state index is -0.569. The SMILES string of the molecule is NC(=O)c1ccsc1NC(=O)CN1CCC(C(=O)Nc2ccc3c(c2)OCO3)CC1. The number of nitrogens with two attached hydrogens (primary N) is 1. The monoisotopic (exact) mass is 430 g/mol. The molecule has 4 rings (SSSR count). The molecule has 2 aliphatic heterocycles. The number of primary amides is 1. The first-order valence-corrected chi connectivity index (χ1v) is 10.5. The van der Waals surface area contributed by atoms with Crippen LogP contribution in [0.1, 0.15) is 23.2 Å². The Morgan fingerprint density at radius 1 is 1.10 bits per heavy atom. The zero-order valence-electron chi connectivity index (χ0n) is 16.2. The van der Waals surface area contributed by atoms with Crippen LogP contribution in [0.2, 0.25) is 0 Å². The Morgan fingerprint density at radius 2 is 1.87 bits per heavy atom. The Bertz CT molecular complexity index is 968. The largest absolute Gasteiger partial charge is 0.454 e. The highest BCUT2D eigenvalue weighted by Gasteiger charge is 2.26. The highest BCUT2D eigenvalue weighted by molar-refractivity contribution is 7.14. The van der Waals surface area contributed by atoms with E-state index in [0.717, 1.165) is 0 Å². The fraction of sp³-hybridized carbons (Fsp3) is 0.350. The average Bonchev–Trinajstić information content (AvgIpc) is 3.37. The summed E-state index contributed by atoms with van der Waals surface area (Å²) in [4.78, 5) is 38.2. The van der Waals surface area contributed by atoms with Gasteiger partial charge in [-0.1, -0.05) is 0 Å². The predicted octanol–water partition coefficient (Wildman–Crippen LogP) is 1.86. The fourth-order valence-electron chi connectivity index (χ4n) is 3.54. The standard InChI is InChI=1S/C20H22N4O5S/c21-18(26)14-5-8-30-20(14)23-17(25)10-24-6-3-12(4-7-24)19(27)22-13-1-2-15-16(9-13)29-11-28-15/h1-2,5,8-9,12H,3-4,6-7,10-11H2,(H2,21,26)(H,22,27)(H,23,25). The number of carbonyl (C=O) groups excluding carboxylic acids is 3. The van der Waals surface area contributed by atoms with Gasteiger partial charge in [0.2, 0.25) is 18.6 Å². The molecule has 9 nitrogen and oxygen atoms in total. The second-order valence-electron chi connectivity index (χ2n) is 7.18. The molecule has 0 radical (unpaired) electrons. The van der Waals surface area contributed by atoms with Gasteiger partial charge in [0.1, 0.15) is 5.00 Å². The van der Waals surface area contributed by atoms with Gasteiger partial charge >= 0.3 is 0 Å². The molecule has 10 heteroatoms. The van der Waals surface area contributed by atoms with Crippen LogP contribution in [0.15, 0.2) is 29.6 Å². The lowest BCUT2D eigenvalue weighted by Crippen LogP contribution is -2.41. The van der Waals surface area contributed by atoms with Gasteiger partial charge in [-0.05, 0) is 49.5 Å². The van der Waals surface area contributed by atoms with Gasteiger partial charge in [-0.3, -0.25) is 19.3 Å². The number of carbonyl (C=O) groups is 3. The van der Waals surface area contributed by atoms with Gasteiger partial charge in [0.15, 0.2) is 11.5 Å². The van der Waals surface area contributed by atoms with Gasteiger partial charge in [-0.25, -0.2) is 0 Å². The maximum absolute atomic E-state index is 12.6. The van der Waals surface area contributed by atoms with E-state index in [1.165, 1.54) is 11.3 Å². The highest BCUT2D eigenvalue weighted by atomic mass is 32.1. The first-order valence-electron chi connectivity index (χ1n) is 9.59. The van der Waals surface area contributed by atoms with Crippen LogP contribution in [-0.2, 0) is 9.59 Å². The summed E-state index contributed by atoms with van der Waals surface area (Å²) in [6, 6.07) is 6.91. The van der Waals surface area contributed by atoms with E-state index < -0.39 is 5.91 Å². The van der Waals surface area contributed by atoms with Crippen molar-refractivity contribution < 1.29 is 23.9 Å². The lowest BCUT2D eigenvalue weighted by molar-refractivity contribution is -0.121. The summed E-state index contributed by atoms with van der Waals surface area (Å²) >= 11 is 1.26. The number of rotatable bonds is 6. The van der Waals surface area contributed by atoms with E-state index in [2.05, 4.69) is 10.6 Å². The lowest BCUT2D eigenvalue weighted by Gasteiger charge is -2.30. The van der Waals surface area contributed by atoms with Crippen molar-refractivity contribution in [2.45, 2.75) is 12.8 Å². The summed E-state index contributed by atoms with van der Waals surface area (Å²) in [5.41, 5.74) is 6.29. The number of hydrogen-bond acceptors (Lipinski definition) is 7. The highest BCUT2D eigenvalue weighted by Crippen LogP contribution is 2.34. The van der Waals surface area contributed by atoms with Crippen molar-refractivity contribution in [2.24, 2.45) is 11.7 Å². The van der Waals surface area contributed by atoms with E-state index in [1.54, 1.807) is 29.6 Å². The van der Waals surface area contributed by atoms with Crippen LogP contribution < -0.4 is 25.8 Å². The van der Waals surface area contributed by atoms with E-state index >= 15 is 0 Å². The van der Waals surface area contributed by atoms with E-state index in [4.69, 9.17) is 15.2 Å². The number of anilines is 2. The van der Waals surface area contributed by atoms with Crippen molar-refractivity contribution in [3.8, 4) is 11.5 Å². The normalized spacial score (nSPS) is 16.3. The number of benzene rings is 1. The molecule has 3 heterocycles. The third kappa shape index (κ3) is 4.55. The van der Waals surface area contributed by atoms with Gasteiger partial charge in [0.25, 0.3) is 5.91 Å². The Hall–Kier alpha value is -3.11. The van der Waals surface area contributed by atoms with Crippen LogP contribution in [0, 0.1) is 5.92 Å². The van der Waals surface area contributed by atoms with E-state index in [1.807, 2.05) is 4.90 Å². The Balaban J connectivity index is 1.24. The second kappa shape index (κ2) is 8.72. The van der Waals surface area contributed by atoms with Crippen molar-refractivity contribution in [1.82, 2.24) is 4.90 Å². The molecular formula is C20H22N4O5S.